The Morgan fingerprint density at radius 2 is 1.71 bits per heavy atom. The van der Waals surface area contributed by atoms with Gasteiger partial charge < -0.3 is 14.4 Å². The first-order chi connectivity index (χ1) is 17.0. The maximum absolute atomic E-state index is 13.4. The summed E-state index contributed by atoms with van der Waals surface area (Å²) in [5.74, 6) is 0.989. The second-order valence-corrected chi connectivity index (χ2v) is 10.8. The lowest BCUT2D eigenvalue weighted by atomic mass is 9.90. The molecule has 1 saturated carbocycles. The number of morpholine rings is 1. The van der Waals surface area contributed by atoms with Crippen LogP contribution < -0.4 is 4.74 Å². The van der Waals surface area contributed by atoms with Gasteiger partial charge in [0.15, 0.2) is 0 Å². The van der Waals surface area contributed by atoms with Crippen LogP contribution in [0.5, 0.6) is 5.75 Å². The lowest BCUT2D eigenvalue weighted by Crippen LogP contribution is -2.48. The minimum atomic E-state index is 0.0607. The molecule has 2 aromatic rings. The third-order valence-electron chi connectivity index (χ3n) is 7.72. The molecular weight excluding hydrogens is 436 g/mol. The van der Waals surface area contributed by atoms with E-state index in [4.69, 9.17) is 9.47 Å². The molecule has 2 aliphatic heterocycles. The van der Waals surface area contributed by atoms with E-state index in [-0.39, 0.29) is 18.1 Å². The van der Waals surface area contributed by atoms with Crippen LogP contribution in [-0.2, 0) is 17.7 Å². The van der Waals surface area contributed by atoms with Gasteiger partial charge in [-0.1, -0.05) is 30.7 Å². The van der Waals surface area contributed by atoms with Gasteiger partial charge in [0.2, 0.25) is 0 Å². The second kappa shape index (κ2) is 11.1. The zero-order valence-corrected chi connectivity index (χ0v) is 21.4. The van der Waals surface area contributed by atoms with Gasteiger partial charge in [-0.3, -0.25) is 9.69 Å². The SMILES string of the molecule is CC1CN(C(=O)c2ccc3c(c2)Cc2cccc(c2)CN(C2CCC2)CCCCCO3)CC(C)O1. The highest BCUT2D eigenvalue weighted by atomic mass is 16.5. The predicted molar refractivity (Wildman–Crippen MR) is 139 cm³/mol. The summed E-state index contributed by atoms with van der Waals surface area (Å²) in [5, 5.41) is 0. The summed E-state index contributed by atoms with van der Waals surface area (Å²) in [5.41, 5.74) is 4.49. The van der Waals surface area contributed by atoms with Crippen molar-refractivity contribution in [2.24, 2.45) is 0 Å². The van der Waals surface area contributed by atoms with Crippen LogP contribution in [0.3, 0.4) is 0 Å². The van der Waals surface area contributed by atoms with E-state index in [9.17, 15) is 4.79 Å². The Labute approximate surface area is 210 Å². The van der Waals surface area contributed by atoms with E-state index in [1.165, 1.54) is 49.8 Å². The number of carbonyl (C=O) groups is 1. The zero-order chi connectivity index (χ0) is 24.2. The highest BCUT2D eigenvalue weighted by molar-refractivity contribution is 5.94. The molecule has 0 N–H and O–H groups in total. The van der Waals surface area contributed by atoms with Crippen molar-refractivity contribution >= 4 is 5.91 Å². The summed E-state index contributed by atoms with van der Waals surface area (Å²) < 4.78 is 12.1. The first-order valence-corrected chi connectivity index (χ1v) is 13.6. The molecule has 2 heterocycles. The number of ether oxygens (including phenoxy) is 2. The molecule has 2 atom stereocenters. The molecule has 5 nitrogen and oxygen atoms in total. The molecule has 0 spiro atoms. The molecule has 2 bridgehead atoms. The van der Waals surface area contributed by atoms with Gasteiger partial charge in [0.05, 0.1) is 18.8 Å². The number of rotatable bonds is 2. The van der Waals surface area contributed by atoms with E-state index in [1.54, 1.807) is 0 Å². The molecule has 0 radical (unpaired) electrons. The van der Waals surface area contributed by atoms with Crippen LogP contribution in [-0.4, -0.2) is 60.2 Å². The van der Waals surface area contributed by atoms with Gasteiger partial charge in [-0.2, -0.15) is 0 Å². The van der Waals surface area contributed by atoms with Crippen molar-refractivity contribution in [3.05, 3.63) is 64.7 Å². The molecule has 0 aromatic heterocycles. The van der Waals surface area contributed by atoms with Crippen molar-refractivity contribution in [3.63, 3.8) is 0 Å². The van der Waals surface area contributed by atoms with E-state index in [0.29, 0.717) is 13.1 Å². The molecule has 3 aliphatic rings. The van der Waals surface area contributed by atoms with Crippen LogP contribution in [0.4, 0.5) is 0 Å². The Balaban J connectivity index is 1.40. The van der Waals surface area contributed by atoms with Crippen molar-refractivity contribution in [3.8, 4) is 5.75 Å². The Bertz CT molecular complexity index is 1010. The lowest BCUT2D eigenvalue weighted by molar-refractivity contribution is -0.0586. The molecule has 5 heteroatoms. The highest BCUT2D eigenvalue weighted by Crippen LogP contribution is 2.29. The van der Waals surface area contributed by atoms with Crippen LogP contribution in [0.15, 0.2) is 42.5 Å². The lowest BCUT2D eigenvalue weighted by Gasteiger charge is -2.38. The number of nitrogens with zero attached hydrogens (tertiary/aromatic N) is 2. The normalized spacial score (nSPS) is 24.6. The predicted octanol–water partition coefficient (Wildman–Crippen LogP) is 5.44. The monoisotopic (exact) mass is 476 g/mol. The van der Waals surface area contributed by atoms with E-state index in [0.717, 1.165) is 48.9 Å². The number of hydrogen-bond donors (Lipinski definition) is 0. The summed E-state index contributed by atoms with van der Waals surface area (Å²) in [6.07, 6.45) is 8.41. The average molecular weight is 477 g/mol. The van der Waals surface area contributed by atoms with E-state index in [2.05, 4.69) is 35.2 Å². The van der Waals surface area contributed by atoms with Gasteiger partial charge in [0.25, 0.3) is 5.91 Å². The van der Waals surface area contributed by atoms with Crippen molar-refractivity contribution in [1.29, 1.82) is 0 Å². The summed E-state index contributed by atoms with van der Waals surface area (Å²) >= 11 is 0. The Morgan fingerprint density at radius 1 is 0.914 bits per heavy atom. The Kier molecular flexibility index (Phi) is 7.74. The molecule has 5 rings (SSSR count). The molecule has 35 heavy (non-hydrogen) atoms. The van der Waals surface area contributed by atoms with Gasteiger partial charge >= 0.3 is 0 Å². The van der Waals surface area contributed by atoms with Crippen molar-refractivity contribution < 1.29 is 14.3 Å². The zero-order valence-electron chi connectivity index (χ0n) is 21.4. The van der Waals surface area contributed by atoms with Gasteiger partial charge in [-0.15, -0.1) is 0 Å². The van der Waals surface area contributed by atoms with E-state index >= 15 is 0 Å². The summed E-state index contributed by atoms with van der Waals surface area (Å²) in [6, 6.07) is 15.7. The fourth-order valence-corrected chi connectivity index (χ4v) is 5.73. The average Bonchev–Trinajstić information content (AvgIpc) is 2.79. The number of benzene rings is 2. The summed E-state index contributed by atoms with van der Waals surface area (Å²) in [6.45, 7) is 8.27. The fourth-order valence-electron chi connectivity index (χ4n) is 5.73. The minimum Gasteiger partial charge on any atom is -0.493 e. The summed E-state index contributed by atoms with van der Waals surface area (Å²) in [7, 11) is 0. The maximum atomic E-state index is 13.4. The van der Waals surface area contributed by atoms with Crippen LogP contribution in [0.2, 0.25) is 0 Å². The van der Waals surface area contributed by atoms with Crippen LogP contribution in [0, 0.1) is 0 Å². The van der Waals surface area contributed by atoms with E-state index in [1.807, 2.05) is 30.9 Å². The van der Waals surface area contributed by atoms with E-state index < -0.39 is 0 Å². The second-order valence-electron chi connectivity index (χ2n) is 10.8. The van der Waals surface area contributed by atoms with Crippen LogP contribution in [0.25, 0.3) is 0 Å². The van der Waals surface area contributed by atoms with Crippen molar-refractivity contribution in [2.45, 2.75) is 83.6 Å². The fraction of sp³-hybridized carbons (Fsp3) is 0.567. The first kappa shape index (κ1) is 24.3. The molecule has 1 aliphatic carbocycles. The standard InChI is InChI=1S/C30H40N2O3/c1-22-19-32(20-23(2)35-22)30(33)26-12-13-29-27(18-26)17-24-8-6-9-25(16-24)21-31(28-10-7-11-28)14-4-3-5-15-34-29/h6,8-9,12-13,16,18,22-23,28H,3-5,7,10-11,14-15,17,19-21H2,1-2H3. The number of amides is 1. The minimum absolute atomic E-state index is 0.0607. The molecular formula is C30H40N2O3. The molecule has 1 amide bonds. The van der Waals surface area contributed by atoms with Crippen molar-refractivity contribution in [1.82, 2.24) is 9.80 Å². The molecule has 188 valence electrons. The van der Waals surface area contributed by atoms with Gasteiger partial charge in [0.1, 0.15) is 5.75 Å². The number of fused-ring (bicyclic) bond motifs is 3. The maximum Gasteiger partial charge on any atom is 0.254 e. The quantitative estimate of drug-likeness (QED) is 0.579. The summed E-state index contributed by atoms with van der Waals surface area (Å²) in [4.78, 5) is 18.0. The number of carbonyl (C=O) groups excluding carboxylic acids is 1. The number of hydrogen-bond acceptors (Lipinski definition) is 4. The molecule has 2 fully saturated rings. The Morgan fingerprint density at radius 3 is 2.49 bits per heavy atom. The van der Waals surface area contributed by atoms with Gasteiger partial charge in [-0.25, -0.2) is 0 Å². The molecule has 2 unspecified atom stereocenters. The topological polar surface area (TPSA) is 42.0 Å². The first-order valence-electron chi connectivity index (χ1n) is 13.6. The van der Waals surface area contributed by atoms with Crippen molar-refractivity contribution in [2.75, 3.05) is 26.2 Å². The third-order valence-corrected chi connectivity index (χ3v) is 7.72. The van der Waals surface area contributed by atoms with Gasteiger partial charge in [0, 0.05) is 37.7 Å². The molecule has 1 saturated heterocycles. The van der Waals surface area contributed by atoms with Gasteiger partial charge in [-0.05, 0) is 87.4 Å². The van der Waals surface area contributed by atoms with Crippen LogP contribution in [0.1, 0.15) is 79.4 Å². The smallest absolute Gasteiger partial charge is 0.254 e. The Hall–Kier alpha value is -2.37. The van der Waals surface area contributed by atoms with Crippen LogP contribution >= 0.6 is 0 Å². The highest BCUT2D eigenvalue weighted by Gasteiger charge is 2.27. The molecule has 2 aromatic carbocycles. The third kappa shape index (κ3) is 6.07. The largest absolute Gasteiger partial charge is 0.493 e.